The number of hydrogen-bond donors (Lipinski definition) is 4. The number of amides is 1. The van der Waals surface area contributed by atoms with E-state index in [9.17, 15) is 4.79 Å². The second-order valence-electron chi connectivity index (χ2n) is 6.55. The van der Waals surface area contributed by atoms with E-state index in [4.69, 9.17) is 10.8 Å². The summed E-state index contributed by atoms with van der Waals surface area (Å²) in [5.41, 5.74) is 7.62. The van der Waals surface area contributed by atoms with Crippen molar-refractivity contribution in [3.63, 3.8) is 0 Å². The van der Waals surface area contributed by atoms with Crippen molar-refractivity contribution in [1.29, 1.82) is 0 Å². The molecule has 144 valence electrons. The predicted molar refractivity (Wildman–Crippen MR) is 109 cm³/mol. The van der Waals surface area contributed by atoms with Gasteiger partial charge in [-0.2, -0.15) is 0 Å². The maximum absolute atomic E-state index is 12.3. The fourth-order valence-corrected chi connectivity index (χ4v) is 4.19. The van der Waals surface area contributed by atoms with Gasteiger partial charge in [0.1, 0.15) is 5.84 Å². The van der Waals surface area contributed by atoms with Crippen LogP contribution >= 0.6 is 11.3 Å². The zero-order valence-corrected chi connectivity index (χ0v) is 16.5. The quantitative estimate of drug-likeness (QED) is 0.631. The van der Waals surface area contributed by atoms with Crippen LogP contribution in [0.5, 0.6) is 0 Å². The minimum Gasteiger partial charge on any atom is -0.397 e. The molecule has 0 radical (unpaired) electrons. The van der Waals surface area contributed by atoms with Gasteiger partial charge in [-0.05, 0) is 57.3 Å². The molecule has 1 atom stereocenters. The van der Waals surface area contributed by atoms with Crippen molar-refractivity contribution in [2.24, 2.45) is 16.6 Å². The number of amidine groups is 1. The van der Waals surface area contributed by atoms with Crippen molar-refractivity contribution in [2.75, 3.05) is 26.2 Å². The molecule has 0 saturated carbocycles. The van der Waals surface area contributed by atoms with E-state index in [1.54, 1.807) is 18.3 Å². The molecule has 0 aromatic carbocycles. The molecule has 3 heterocycles. The van der Waals surface area contributed by atoms with E-state index in [1.165, 1.54) is 11.3 Å². The summed E-state index contributed by atoms with van der Waals surface area (Å²) in [4.78, 5) is 19.1. The number of thiophene rings is 1. The molecule has 1 saturated heterocycles. The van der Waals surface area contributed by atoms with E-state index < -0.39 is 0 Å². The van der Waals surface area contributed by atoms with Crippen LogP contribution in [0.1, 0.15) is 42.9 Å². The Labute approximate surface area is 159 Å². The third kappa shape index (κ3) is 5.93. The number of aliphatic hydroxyl groups excluding tert-OH is 1. The number of fused-ring (bicyclic) bond motifs is 1. The number of nitrogens with one attached hydrogen (secondary N) is 2. The van der Waals surface area contributed by atoms with Gasteiger partial charge in [0.2, 0.25) is 5.91 Å². The van der Waals surface area contributed by atoms with Crippen molar-refractivity contribution in [3.05, 3.63) is 21.4 Å². The molecule has 3 rings (SSSR count). The van der Waals surface area contributed by atoms with Gasteiger partial charge in [-0.25, -0.2) is 4.99 Å². The minimum atomic E-state index is -0.0345. The Balaban J connectivity index is 0.000000758. The molecule has 26 heavy (non-hydrogen) atoms. The van der Waals surface area contributed by atoms with Crippen molar-refractivity contribution >= 4 is 34.8 Å². The van der Waals surface area contributed by atoms with Gasteiger partial charge in [0.15, 0.2) is 0 Å². The number of nitrogens with zero attached hydrogens (tertiary/aromatic N) is 1. The monoisotopic (exact) mass is 378 g/mol. The minimum absolute atomic E-state index is 0.0345. The highest BCUT2D eigenvalue weighted by atomic mass is 32.1. The van der Waals surface area contributed by atoms with Crippen LogP contribution in [0.3, 0.4) is 0 Å². The van der Waals surface area contributed by atoms with Gasteiger partial charge in [0.25, 0.3) is 0 Å². The molecule has 1 aromatic rings. The third-order valence-corrected chi connectivity index (χ3v) is 5.31. The highest BCUT2D eigenvalue weighted by Crippen LogP contribution is 2.36. The highest BCUT2D eigenvalue weighted by Gasteiger charge is 2.20. The number of carbonyl (C=O) groups excluding carboxylic acids is 1. The lowest BCUT2D eigenvalue weighted by Crippen LogP contribution is -2.27. The molecular weight excluding hydrogens is 348 g/mol. The van der Waals surface area contributed by atoms with Crippen LogP contribution in [0, 0.1) is 5.92 Å². The zero-order chi connectivity index (χ0) is 18.9. The van der Waals surface area contributed by atoms with E-state index in [0.29, 0.717) is 30.3 Å². The molecule has 5 N–H and O–H groups in total. The fourth-order valence-electron chi connectivity index (χ4n) is 3.01. The van der Waals surface area contributed by atoms with E-state index in [2.05, 4.69) is 21.7 Å². The lowest BCUT2D eigenvalue weighted by molar-refractivity contribution is -0.117. The summed E-state index contributed by atoms with van der Waals surface area (Å²) in [6.07, 6.45) is 5.61. The first-order valence-corrected chi connectivity index (χ1v) is 10.1. The molecule has 1 amide bonds. The second-order valence-corrected chi connectivity index (χ2v) is 7.72. The SMILES string of the molecule is CCCNC(=O)C1=Cc2sc(CC3CCNC3)cc2N=C(N)C1.CCO. The van der Waals surface area contributed by atoms with Crippen LogP contribution < -0.4 is 16.4 Å². The molecule has 2 aliphatic heterocycles. The molecule has 6 nitrogen and oxygen atoms in total. The van der Waals surface area contributed by atoms with Gasteiger partial charge in [-0.1, -0.05) is 6.92 Å². The average molecular weight is 379 g/mol. The fraction of sp³-hybridized carbons (Fsp3) is 0.579. The molecule has 2 aliphatic rings. The summed E-state index contributed by atoms with van der Waals surface area (Å²) in [7, 11) is 0. The number of hydrogen-bond acceptors (Lipinski definition) is 6. The predicted octanol–water partition coefficient (Wildman–Crippen LogP) is 2.20. The van der Waals surface area contributed by atoms with Crippen LogP contribution in [0.15, 0.2) is 16.6 Å². The lowest BCUT2D eigenvalue weighted by atomic mass is 10.0. The number of aliphatic imine (C=N–C) groups is 1. The second kappa shape index (κ2) is 10.4. The van der Waals surface area contributed by atoms with Crippen molar-refractivity contribution in [3.8, 4) is 0 Å². The molecule has 0 aliphatic carbocycles. The van der Waals surface area contributed by atoms with Crippen LogP contribution in [0.4, 0.5) is 5.69 Å². The summed E-state index contributed by atoms with van der Waals surface area (Å²) in [6.45, 7) is 6.86. The van der Waals surface area contributed by atoms with Crippen molar-refractivity contribution in [2.45, 2.75) is 39.5 Å². The van der Waals surface area contributed by atoms with Crippen LogP contribution in [0.2, 0.25) is 0 Å². The van der Waals surface area contributed by atoms with Gasteiger partial charge in [0.05, 0.1) is 10.6 Å². The van der Waals surface area contributed by atoms with E-state index >= 15 is 0 Å². The molecule has 0 bridgehead atoms. The van der Waals surface area contributed by atoms with Gasteiger partial charge in [0, 0.05) is 30.0 Å². The first-order valence-electron chi connectivity index (χ1n) is 9.33. The van der Waals surface area contributed by atoms with Gasteiger partial charge >= 0.3 is 0 Å². The number of rotatable bonds is 5. The first kappa shape index (κ1) is 20.6. The van der Waals surface area contributed by atoms with Gasteiger partial charge in [-0.15, -0.1) is 11.3 Å². The molecule has 1 aromatic heterocycles. The normalized spacial score (nSPS) is 18.8. The Hall–Kier alpha value is -1.70. The third-order valence-electron chi connectivity index (χ3n) is 4.21. The summed E-state index contributed by atoms with van der Waals surface area (Å²) >= 11 is 1.74. The standard InChI is InChI=1S/C17H24N4OS.C2H6O/c1-2-4-20-17(22)12-7-15-14(21-16(18)8-12)9-13(23-15)6-11-3-5-19-10-11;1-2-3/h7,9,11,19H,2-6,8,10H2,1H3,(H2,18,21)(H,20,22);3H,2H2,1H3. The van der Waals surface area contributed by atoms with Crippen LogP contribution in [-0.2, 0) is 11.2 Å². The largest absolute Gasteiger partial charge is 0.397 e. The maximum Gasteiger partial charge on any atom is 0.247 e. The molecule has 1 fully saturated rings. The highest BCUT2D eigenvalue weighted by molar-refractivity contribution is 7.13. The van der Waals surface area contributed by atoms with Crippen LogP contribution in [-0.4, -0.2) is 43.1 Å². The average Bonchev–Trinajstić information content (AvgIpc) is 3.20. The topological polar surface area (TPSA) is 99.7 Å². The molecule has 1 unspecified atom stereocenters. The molecule has 0 spiro atoms. The first-order chi connectivity index (χ1) is 12.6. The van der Waals surface area contributed by atoms with Crippen molar-refractivity contribution in [1.82, 2.24) is 10.6 Å². The lowest BCUT2D eigenvalue weighted by Gasteiger charge is -2.07. The Morgan fingerprint density at radius 3 is 2.92 bits per heavy atom. The molecular formula is C19H30N4O2S. The Morgan fingerprint density at radius 2 is 2.27 bits per heavy atom. The van der Waals surface area contributed by atoms with Crippen LogP contribution in [0.25, 0.3) is 6.08 Å². The summed E-state index contributed by atoms with van der Waals surface area (Å²) in [5.74, 6) is 1.18. The zero-order valence-electron chi connectivity index (χ0n) is 15.7. The smallest absolute Gasteiger partial charge is 0.247 e. The number of nitrogens with two attached hydrogens (primary N) is 1. The Bertz CT molecular complexity index is 660. The van der Waals surface area contributed by atoms with E-state index in [1.807, 2.05) is 13.0 Å². The van der Waals surface area contributed by atoms with Gasteiger partial charge in [-0.3, -0.25) is 4.79 Å². The number of carbonyl (C=O) groups is 1. The Morgan fingerprint density at radius 1 is 1.50 bits per heavy atom. The molecule has 7 heteroatoms. The Kier molecular flexibility index (Phi) is 8.28. The van der Waals surface area contributed by atoms with E-state index in [-0.39, 0.29) is 12.5 Å². The maximum atomic E-state index is 12.3. The summed E-state index contributed by atoms with van der Waals surface area (Å²) in [5, 5.41) is 13.9. The summed E-state index contributed by atoms with van der Waals surface area (Å²) < 4.78 is 0. The van der Waals surface area contributed by atoms with Crippen molar-refractivity contribution < 1.29 is 9.90 Å². The van der Waals surface area contributed by atoms with Gasteiger partial charge < -0.3 is 21.5 Å². The number of aliphatic hydroxyl groups is 1. The summed E-state index contributed by atoms with van der Waals surface area (Å²) in [6, 6.07) is 2.13. The van der Waals surface area contributed by atoms with E-state index in [0.717, 1.165) is 36.5 Å².